The van der Waals surface area contributed by atoms with E-state index in [9.17, 15) is 4.79 Å². The van der Waals surface area contributed by atoms with Crippen LogP contribution in [0.15, 0.2) is 55.0 Å². The molecule has 1 aliphatic carbocycles. The molecule has 0 bridgehead atoms. The van der Waals surface area contributed by atoms with Gasteiger partial charge in [0.2, 0.25) is 0 Å². The fourth-order valence-corrected chi connectivity index (χ4v) is 3.50. The molecule has 1 aromatic carbocycles. The summed E-state index contributed by atoms with van der Waals surface area (Å²) in [4.78, 5) is 25.3. The van der Waals surface area contributed by atoms with Crippen molar-refractivity contribution in [2.75, 3.05) is 5.73 Å². The van der Waals surface area contributed by atoms with E-state index in [1.165, 1.54) is 17.3 Å². The van der Waals surface area contributed by atoms with E-state index in [0.717, 1.165) is 31.2 Å². The number of fused-ring (bicyclic) bond motifs is 1. The Morgan fingerprint density at radius 2 is 1.89 bits per heavy atom. The Balaban J connectivity index is 1.50. The lowest BCUT2D eigenvalue weighted by Gasteiger charge is -2.17. The Hall–Kier alpha value is -3.28. The second-order valence-corrected chi connectivity index (χ2v) is 6.76. The molecule has 0 radical (unpaired) electrons. The van der Waals surface area contributed by atoms with E-state index < -0.39 is 0 Å². The zero-order valence-corrected chi connectivity index (χ0v) is 14.9. The minimum absolute atomic E-state index is 0.0837. The first-order valence-corrected chi connectivity index (χ1v) is 9.11. The number of nitrogens with two attached hydrogens (primary N) is 1. The van der Waals surface area contributed by atoms with Gasteiger partial charge in [0.25, 0.3) is 5.91 Å². The van der Waals surface area contributed by atoms with Gasteiger partial charge in [-0.3, -0.25) is 9.78 Å². The number of nitrogens with one attached hydrogen (secondary N) is 1. The number of aromatic nitrogens is 3. The van der Waals surface area contributed by atoms with Gasteiger partial charge in [0.05, 0.1) is 5.56 Å². The molecule has 3 N–H and O–H groups in total. The topological polar surface area (TPSA) is 93.8 Å². The minimum atomic E-state index is -0.224. The highest BCUT2D eigenvalue weighted by molar-refractivity contribution is 5.98. The summed E-state index contributed by atoms with van der Waals surface area (Å²) >= 11 is 0. The molecule has 6 heteroatoms. The summed E-state index contributed by atoms with van der Waals surface area (Å²) in [5, 5.41) is 3.11. The second kappa shape index (κ2) is 7.53. The van der Waals surface area contributed by atoms with Crippen LogP contribution in [-0.2, 0) is 12.8 Å². The summed E-state index contributed by atoms with van der Waals surface area (Å²) in [5.74, 6) is 0.441. The van der Waals surface area contributed by atoms with E-state index in [1.807, 2.05) is 6.07 Å². The Bertz CT molecular complexity index is 958. The lowest BCUT2D eigenvalue weighted by molar-refractivity contribution is 0.0935. The van der Waals surface area contributed by atoms with Crippen molar-refractivity contribution in [1.82, 2.24) is 20.3 Å². The number of carbonyl (C=O) groups is 1. The number of nitrogens with zero attached hydrogens (tertiary/aromatic N) is 3. The number of hydrogen-bond acceptors (Lipinski definition) is 5. The van der Waals surface area contributed by atoms with Crippen molar-refractivity contribution in [3.05, 3.63) is 71.7 Å². The fourth-order valence-electron chi connectivity index (χ4n) is 3.50. The lowest BCUT2D eigenvalue weighted by Crippen LogP contribution is -2.36. The minimum Gasteiger partial charge on any atom is -0.383 e. The number of rotatable bonds is 3. The summed E-state index contributed by atoms with van der Waals surface area (Å²) in [6.45, 7) is 0. The largest absolute Gasteiger partial charge is 0.383 e. The summed E-state index contributed by atoms with van der Waals surface area (Å²) in [7, 11) is 0. The van der Waals surface area contributed by atoms with E-state index in [-0.39, 0.29) is 17.8 Å². The van der Waals surface area contributed by atoms with Crippen molar-refractivity contribution in [3.8, 4) is 11.4 Å². The van der Waals surface area contributed by atoms with Crippen molar-refractivity contribution in [2.45, 2.75) is 31.7 Å². The van der Waals surface area contributed by atoms with Gasteiger partial charge in [-0.25, -0.2) is 9.97 Å². The van der Waals surface area contributed by atoms with Gasteiger partial charge < -0.3 is 11.1 Å². The van der Waals surface area contributed by atoms with Crippen molar-refractivity contribution in [2.24, 2.45) is 0 Å². The standard InChI is InChI=1S/C21H21N5O/c22-19-18(13-24-20(26-19)15-8-10-23-11-9-15)21(27)25-17-7-3-6-14-4-1-2-5-16(14)12-17/h1-2,4-5,8-11,13,17H,3,6-7,12H2,(H,25,27)(H2,22,24,26). The monoisotopic (exact) mass is 359 g/mol. The van der Waals surface area contributed by atoms with Crippen LogP contribution < -0.4 is 11.1 Å². The Morgan fingerprint density at radius 1 is 1.11 bits per heavy atom. The van der Waals surface area contributed by atoms with Crippen molar-refractivity contribution in [1.29, 1.82) is 0 Å². The molecule has 0 fully saturated rings. The molecule has 4 rings (SSSR count). The molecule has 0 saturated carbocycles. The first kappa shape index (κ1) is 17.1. The predicted molar refractivity (Wildman–Crippen MR) is 104 cm³/mol. The van der Waals surface area contributed by atoms with Crippen LogP contribution in [-0.4, -0.2) is 26.9 Å². The molecule has 1 amide bonds. The number of benzene rings is 1. The number of carbonyl (C=O) groups excluding carboxylic acids is 1. The predicted octanol–water partition coefficient (Wildman–Crippen LogP) is 2.80. The van der Waals surface area contributed by atoms with Crippen LogP contribution in [0.3, 0.4) is 0 Å². The van der Waals surface area contributed by atoms with Gasteiger partial charge in [-0.05, 0) is 48.9 Å². The van der Waals surface area contributed by atoms with Crippen molar-refractivity contribution in [3.63, 3.8) is 0 Å². The lowest BCUT2D eigenvalue weighted by atomic mass is 10.0. The molecule has 3 aromatic rings. The Morgan fingerprint density at radius 3 is 2.67 bits per heavy atom. The van der Waals surface area contributed by atoms with Gasteiger partial charge in [0.1, 0.15) is 5.82 Å². The van der Waals surface area contributed by atoms with Crippen LogP contribution in [0.4, 0.5) is 5.82 Å². The highest BCUT2D eigenvalue weighted by Gasteiger charge is 2.21. The first-order valence-electron chi connectivity index (χ1n) is 9.11. The summed E-state index contributed by atoms with van der Waals surface area (Å²) in [6, 6.07) is 12.1. The van der Waals surface area contributed by atoms with Crippen LogP contribution in [0.2, 0.25) is 0 Å². The molecule has 2 aromatic heterocycles. The maximum atomic E-state index is 12.7. The van der Waals surface area contributed by atoms with Gasteiger partial charge in [0.15, 0.2) is 5.82 Å². The maximum absolute atomic E-state index is 12.7. The van der Waals surface area contributed by atoms with Crippen LogP contribution >= 0.6 is 0 Å². The van der Waals surface area contributed by atoms with E-state index in [0.29, 0.717) is 11.4 Å². The molecule has 1 unspecified atom stereocenters. The molecule has 1 aliphatic rings. The highest BCUT2D eigenvalue weighted by atomic mass is 16.1. The second-order valence-electron chi connectivity index (χ2n) is 6.76. The average Bonchev–Trinajstić information content (AvgIpc) is 2.90. The normalized spacial score (nSPS) is 16.2. The van der Waals surface area contributed by atoms with Crippen molar-refractivity contribution < 1.29 is 4.79 Å². The highest BCUT2D eigenvalue weighted by Crippen LogP contribution is 2.22. The van der Waals surface area contributed by atoms with Gasteiger partial charge in [0, 0.05) is 30.2 Å². The third kappa shape index (κ3) is 3.79. The molecular weight excluding hydrogens is 338 g/mol. The molecule has 6 nitrogen and oxygen atoms in total. The van der Waals surface area contributed by atoms with Gasteiger partial charge in [-0.1, -0.05) is 24.3 Å². The zero-order chi connectivity index (χ0) is 18.6. The van der Waals surface area contributed by atoms with E-state index in [1.54, 1.807) is 24.5 Å². The number of pyridine rings is 1. The third-order valence-electron chi connectivity index (χ3n) is 4.92. The molecule has 0 spiro atoms. The smallest absolute Gasteiger partial charge is 0.256 e. The van der Waals surface area contributed by atoms with Crippen LogP contribution in [0.25, 0.3) is 11.4 Å². The number of hydrogen-bond donors (Lipinski definition) is 2. The maximum Gasteiger partial charge on any atom is 0.256 e. The molecule has 1 atom stereocenters. The number of nitrogen functional groups attached to an aromatic ring is 1. The van der Waals surface area contributed by atoms with E-state index in [4.69, 9.17) is 5.73 Å². The van der Waals surface area contributed by atoms with Gasteiger partial charge in [-0.2, -0.15) is 0 Å². The van der Waals surface area contributed by atoms with Crippen molar-refractivity contribution >= 4 is 11.7 Å². The van der Waals surface area contributed by atoms with Crippen LogP contribution in [0.1, 0.15) is 34.3 Å². The van der Waals surface area contributed by atoms with Gasteiger partial charge in [-0.15, -0.1) is 0 Å². The number of anilines is 1. The molecular formula is C21H21N5O. The van der Waals surface area contributed by atoms with E-state index >= 15 is 0 Å². The Labute approximate surface area is 157 Å². The third-order valence-corrected chi connectivity index (χ3v) is 4.92. The molecule has 0 saturated heterocycles. The van der Waals surface area contributed by atoms with Gasteiger partial charge >= 0.3 is 0 Å². The quantitative estimate of drug-likeness (QED) is 0.701. The number of amides is 1. The zero-order valence-electron chi connectivity index (χ0n) is 14.9. The first-order chi connectivity index (χ1) is 13.2. The summed E-state index contributed by atoms with van der Waals surface area (Å²) < 4.78 is 0. The average molecular weight is 359 g/mol. The summed E-state index contributed by atoms with van der Waals surface area (Å²) in [5.41, 5.74) is 9.84. The van der Waals surface area contributed by atoms with Crippen LogP contribution in [0.5, 0.6) is 0 Å². The molecule has 27 heavy (non-hydrogen) atoms. The number of aryl methyl sites for hydroxylation is 1. The van der Waals surface area contributed by atoms with Crippen LogP contribution in [0, 0.1) is 0 Å². The molecule has 0 aliphatic heterocycles. The summed E-state index contributed by atoms with van der Waals surface area (Å²) in [6.07, 6.45) is 8.70. The molecule has 2 heterocycles. The fraction of sp³-hybridized carbons (Fsp3) is 0.238. The molecule has 136 valence electrons. The van der Waals surface area contributed by atoms with E-state index in [2.05, 4.69) is 38.5 Å². The Kier molecular flexibility index (Phi) is 4.78. The SMILES string of the molecule is Nc1nc(-c2ccncc2)ncc1C(=O)NC1CCCc2ccccc2C1.